The summed E-state index contributed by atoms with van der Waals surface area (Å²) in [5, 5.41) is 9.05. The van der Waals surface area contributed by atoms with Gasteiger partial charge in [-0.05, 0) is 25.0 Å². The number of alkyl halides is 1. The van der Waals surface area contributed by atoms with Gasteiger partial charge in [0, 0.05) is 12.7 Å². The Morgan fingerprint density at radius 3 is 1.89 bits per heavy atom. The molecule has 0 radical (unpaired) electrons. The summed E-state index contributed by atoms with van der Waals surface area (Å²) in [6, 6.07) is 3.26. The monoisotopic (exact) mass is 395 g/mol. The van der Waals surface area contributed by atoms with Crippen LogP contribution in [0.2, 0.25) is 0 Å². The van der Waals surface area contributed by atoms with Crippen LogP contribution < -0.4 is 0 Å². The topological polar surface area (TPSA) is 42.2 Å². The predicted molar refractivity (Wildman–Crippen MR) is 116 cm³/mol. The molecular weight excluding hydrogens is 353 g/mol. The van der Waals surface area contributed by atoms with Crippen LogP contribution in [0.25, 0.3) is 0 Å². The normalized spacial score (nSPS) is 12.4. The van der Waals surface area contributed by atoms with Gasteiger partial charge in [-0.3, -0.25) is 0 Å². The number of halogens is 1. The van der Waals surface area contributed by atoms with E-state index in [2.05, 4.69) is 6.92 Å². The van der Waals surface area contributed by atoms with Gasteiger partial charge in [0.1, 0.15) is 11.9 Å². The van der Waals surface area contributed by atoms with Crippen LogP contribution in [-0.2, 0) is 6.54 Å². The van der Waals surface area contributed by atoms with Crippen LogP contribution in [0.1, 0.15) is 120 Å². The lowest BCUT2D eigenvalue weighted by molar-refractivity contribution is 0.0684. The Hall–Kier alpha value is -1.32. The smallest absolute Gasteiger partial charge is 0.352 e. The molecule has 0 aliphatic rings. The molecule has 1 heterocycles. The summed E-state index contributed by atoms with van der Waals surface area (Å²) >= 11 is 0. The van der Waals surface area contributed by atoms with E-state index >= 15 is 0 Å². The zero-order valence-electron chi connectivity index (χ0n) is 18.0. The molecule has 1 rings (SSSR count). The first-order valence-corrected chi connectivity index (χ1v) is 11.7. The molecule has 0 bridgehead atoms. The lowest BCUT2D eigenvalue weighted by Gasteiger charge is -2.10. The molecule has 1 atom stereocenters. The van der Waals surface area contributed by atoms with Gasteiger partial charge in [-0.1, -0.05) is 96.8 Å². The molecule has 4 heteroatoms. The van der Waals surface area contributed by atoms with Gasteiger partial charge in [0.25, 0.3) is 0 Å². The van der Waals surface area contributed by atoms with Crippen molar-refractivity contribution < 1.29 is 14.3 Å². The minimum Gasteiger partial charge on any atom is -0.477 e. The van der Waals surface area contributed by atoms with Crippen LogP contribution in [0, 0.1) is 0 Å². The van der Waals surface area contributed by atoms with Crippen LogP contribution >= 0.6 is 0 Å². The first kappa shape index (κ1) is 24.7. The van der Waals surface area contributed by atoms with Crippen molar-refractivity contribution in [3.05, 3.63) is 24.0 Å². The second-order valence-corrected chi connectivity index (χ2v) is 8.16. The summed E-state index contributed by atoms with van der Waals surface area (Å²) in [5.41, 5.74) is 0.240. The Labute approximate surface area is 171 Å². The summed E-state index contributed by atoms with van der Waals surface area (Å²) < 4.78 is 15.6. The van der Waals surface area contributed by atoms with Gasteiger partial charge < -0.3 is 9.67 Å². The second kappa shape index (κ2) is 16.6. The molecule has 1 aromatic heterocycles. The number of nitrogens with zero attached hydrogens (tertiary/aromatic N) is 1. The Bertz CT molecular complexity index is 501. The minimum atomic E-state index is -0.951. The zero-order chi connectivity index (χ0) is 20.5. The van der Waals surface area contributed by atoms with Crippen molar-refractivity contribution in [2.45, 2.75) is 122 Å². The Balaban J connectivity index is 1.87. The third kappa shape index (κ3) is 12.2. The zero-order valence-corrected chi connectivity index (χ0v) is 18.0. The summed E-state index contributed by atoms with van der Waals surface area (Å²) in [5.74, 6) is -0.951. The van der Waals surface area contributed by atoms with E-state index in [1.165, 1.54) is 77.0 Å². The van der Waals surface area contributed by atoms with Gasteiger partial charge in [0.15, 0.2) is 0 Å². The van der Waals surface area contributed by atoms with Crippen LogP contribution in [-0.4, -0.2) is 21.8 Å². The van der Waals surface area contributed by atoms with Crippen molar-refractivity contribution in [2.24, 2.45) is 0 Å². The fourth-order valence-electron chi connectivity index (χ4n) is 3.79. The van der Waals surface area contributed by atoms with Gasteiger partial charge in [0.05, 0.1) is 0 Å². The lowest BCUT2D eigenvalue weighted by Crippen LogP contribution is -2.11. The predicted octanol–water partition coefficient (Wildman–Crippen LogP) is 7.79. The molecule has 1 unspecified atom stereocenters. The number of carboxylic acid groups (broad SMARTS) is 1. The van der Waals surface area contributed by atoms with Crippen molar-refractivity contribution >= 4 is 5.97 Å². The molecule has 1 aromatic rings. The highest BCUT2D eigenvalue weighted by atomic mass is 19.1. The van der Waals surface area contributed by atoms with Crippen LogP contribution in [0.4, 0.5) is 4.39 Å². The van der Waals surface area contributed by atoms with E-state index in [1.54, 1.807) is 22.9 Å². The van der Waals surface area contributed by atoms with E-state index < -0.39 is 12.1 Å². The second-order valence-electron chi connectivity index (χ2n) is 8.16. The summed E-state index contributed by atoms with van der Waals surface area (Å²) in [7, 11) is 0. The van der Waals surface area contributed by atoms with Crippen molar-refractivity contribution in [1.29, 1.82) is 0 Å². The molecular formula is C24H42FNO2. The van der Waals surface area contributed by atoms with Gasteiger partial charge in [-0.25, -0.2) is 9.18 Å². The van der Waals surface area contributed by atoms with E-state index in [1.807, 2.05) is 0 Å². The Morgan fingerprint density at radius 2 is 1.39 bits per heavy atom. The minimum absolute atomic E-state index is 0.240. The molecule has 0 aliphatic heterocycles. The SMILES string of the molecule is CCCCCCCCCCCCCCCCC(F)CCn1cccc1C(=O)O. The molecule has 28 heavy (non-hydrogen) atoms. The molecule has 0 spiro atoms. The average Bonchev–Trinajstić information content (AvgIpc) is 3.15. The van der Waals surface area contributed by atoms with E-state index in [0.717, 1.165) is 12.8 Å². The quantitative estimate of drug-likeness (QED) is 0.243. The number of unbranched alkanes of at least 4 members (excludes halogenated alkanes) is 13. The number of aryl methyl sites for hydroxylation is 1. The van der Waals surface area contributed by atoms with Crippen LogP contribution in [0.5, 0.6) is 0 Å². The van der Waals surface area contributed by atoms with E-state index in [0.29, 0.717) is 19.4 Å². The highest BCUT2D eigenvalue weighted by Crippen LogP contribution is 2.16. The molecule has 0 saturated carbocycles. The fourth-order valence-corrected chi connectivity index (χ4v) is 3.79. The van der Waals surface area contributed by atoms with Crippen molar-refractivity contribution in [2.75, 3.05) is 0 Å². The number of carbonyl (C=O) groups is 1. The number of rotatable bonds is 19. The molecule has 1 N–H and O–H groups in total. The van der Waals surface area contributed by atoms with Gasteiger partial charge in [-0.2, -0.15) is 0 Å². The van der Waals surface area contributed by atoms with Gasteiger partial charge >= 0.3 is 5.97 Å². The third-order valence-corrected chi connectivity index (χ3v) is 5.60. The lowest BCUT2D eigenvalue weighted by atomic mass is 10.0. The highest BCUT2D eigenvalue weighted by Gasteiger charge is 2.11. The molecule has 0 amide bonds. The number of aromatic carboxylic acids is 1. The van der Waals surface area contributed by atoms with Crippen LogP contribution in [0.3, 0.4) is 0 Å². The number of hydrogen-bond donors (Lipinski definition) is 1. The first-order chi connectivity index (χ1) is 13.6. The molecule has 0 aromatic carbocycles. The first-order valence-electron chi connectivity index (χ1n) is 11.7. The van der Waals surface area contributed by atoms with E-state index in [4.69, 9.17) is 5.11 Å². The van der Waals surface area contributed by atoms with Gasteiger partial charge in [0.2, 0.25) is 0 Å². The highest BCUT2D eigenvalue weighted by molar-refractivity contribution is 5.85. The fraction of sp³-hybridized carbons (Fsp3) is 0.792. The van der Waals surface area contributed by atoms with Crippen molar-refractivity contribution in [1.82, 2.24) is 4.57 Å². The maximum absolute atomic E-state index is 14.0. The molecule has 0 fully saturated rings. The standard InChI is InChI=1S/C24H42FNO2/c1-2-3-4-5-6-7-8-9-10-11-12-13-14-15-17-22(25)19-21-26-20-16-18-23(26)24(27)28/h16,18,20,22H,2-15,17,19,21H2,1H3,(H,27,28). The summed E-state index contributed by atoms with van der Waals surface area (Å²) in [4.78, 5) is 11.0. The summed E-state index contributed by atoms with van der Waals surface area (Å²) in [6.45, 7) is 2.70. The number of aromatic nitrogens is 1. The van der Waals surface area contributed by atoms with E-state index in [-0.39, 0.29) is 5.69 Å². The largest absolute Gasteiger partial charge is 0.477 e. The van der Waals surface area contributed by atoms with Gasteiger partial charge in [-0.15, -0.1) is 0 Å². The average molecular weight is 396 g/mol. The molecule has 0 aliphatic carbocycles. The molecule has 3 nitrogen and oxygen atoms in total. The maximum Gasteiger partial charge on any atom is 0.352 e. The number of carboxylic acids is 1. The third-order valence-electron chi connectivity index (χ3n) is 5.60. The Kier molecular flexibility index (Phi) is 14.7. The molecule has 162 valence electrons. The number of hydrogen-bond acceptors (Lipinski definition) is 1. The van der Waals surface area contributed by atoms with E-state index in [9.17, 15) is 9.18 Å². The van der Waals surface area contributed by atoms with Crippen molar-refractivity contribution in [3.8, 4) is 0 Å². The van der Waals surface area contributed by atoms with Crippen molar-refractivity contribution in [3.63, 3.8) is 0 Å². The van der Waals surface area contributed by atoms with Crippen LogP contribution in [0.15, 0.2) is 18.3 Å². The Morgan fingerprint density at radius 1 is 0.893 bits per heavy atom. The summed E-state index contributed by atoms with van der Waals surface area (Å²) in [6.07, 6.45) is 20.2. The maximum atomic E-state index is 14.0. The molecule has 0 saturated heterocycles.